The summed E-state index contributed by atoms with van der Waals surface area (Å²) in [7, 11) is 1.90. The average Bonchev–Trinajstić information content (AvgIpc) is 3.46. The standard InChI is InChI=1S/C22H26N6O4.2H2/c1-12-19(22-28-27-21(32-22)14-5-3-13(4-6-14)8-23-2)26-18(10-24-12)16-7-17(16)20(31)25-9-15(30)11-29;;/h3-6,10,15-17,23,29-30H,7-9,11H2,1-2H3,(H,25,31);2*1H. The molecule has 0 spiro atoms. The van der Waals surface area contributed by atoms with Gasteiger partial charge in [0.1, 0.15) is 5.69 Å². The monoisotopic (exact) mass is 442 g/mol. The molecule has 172 valence electrons. The maximum atomic E-state index is 12.3. The molecule has 10 heteroatoms. The first-order valence-electron chi connectivity index (χ1n) is 10.5. The summed E-state index contributed by atoms with van der Waals surface area (Å²) in [6, 6.07) is 7.86. The lowest BCUT2D eigenvalue weighted by Gasteiger charge is -2.09. The van der Waals surface area contributed by atoms with E-state index in [4.69, 9.17) is 9.52 Å². The SMILES string of the molecule is CNCc1ccc(-c2nnc(-c3nc(C4CC4C(=O)NCC(O)CO)cnc3C)o2)cc1.[HH].[HH]. The molecule has 0 bridgehead atoms. The Hall–Kier alpha value is -3.21. The second-order valence-electron chi connectivity index (χ2n) is 7.90. The summed E-state index contributed by atoms with van der Waals surface area (Å²) in [5, 5.41) is 32.3. The molecule has 3 atom stereocenters. The van der Waals surface area contributed by atoms with Gasteiger partial charge in [0.05, 0.1) is 24.1 Å². The third kappa shape index (κ3) is 4.82. The number of nitrogens with one attached hydrogen (secondary N) is 2. The third-order valence-electron chi connectivity index (χ3n) is 5.41. The Morgan fingerprint density at radius 2 is 2.03 bits per heavy atom. The average molecular weight is 443 g/mol. The molecule has 4 rings (SSSR count). The van der Waals surface area contributed by atoms with Crippen molar-refractivity contribution in [2.24, 2.45) is 5.92 Å². The minimum Gasteiger partial charge on any atom is -0.415 e. The van der Waals surface area contributed by atoms with Gasteiger partial charge >= 0.3 is 0 Å². The molecule has 0 aliphatic heterocycles. The van der Waals surface area contributed by atoms with Gasteiger partial charge in [-0.1, -0.05) is 12.1 Å². The van der Waals surface area contributed by atoms with Crippen LogP contribution in [0.5, 0.6) is 0 Å². The fourth-order valence-corrected chi connectivity index (χ4v) is 3.47. The van der Waals surface area contributed by atoms with E-state index in [1.807, 2.05) is 38.2 Å². The number of aliphatic hydroxyl groups is 2. The quantitative estimate of drug-likeness (QED) is 0.385. The van der Waals surface area contributed by atoms with Crippen molar-refractivity contribution < 1.29 is 22.3 Å². The number of hydrogen-bond donors (Lipinski definition) is 4. The molecule has 1 amide bonds. The van der Waals surface area contributed by atoms with Gasteiger partial charge in [0.25, 0.3) is 5.89 Å². The smallest absolute Gasteiger partial charge is 0.268 e. The van der Waals surface area contributed by atoms with Gasteiger partial charge in [0.15, 0.2) is 0 Å². The normalized spacial score (nSPS) is 18.4. The van der Waals surface area contributed by atoms with Gasteiger partial charge in [-0.3, -0.25) is 9.78 Å². The van der Waals surface area contributed by atoms with Crippen LogP contribution in [0.15, 0.2) is 34.9 Å². The molecule has 3 unspecified atom stereocenters. The van der Waals surface area contributed by atoms with Crippen molar-refractivity contribution in [2.45, 2.75) is 31.9 Å². The first-order chi connectivity index (χ1) is 15.5. The minimum atomic E-state index is -0.965. The van der Waals surface area contributed by atoms with Crippen molar-refractivity contribution >= 4 is 5.91 Å². The highest BCUT2D eigenvalue weighted by Crippen LogP contribution is 2.47. The molecule has 0 radical (unpaired) electrons. The van der Waals surface area contributed by atoms with Crippen LogP contribution in [0.1, 0.15) is 32.1 Å². The molecular formula is C22H30N6O4. The second-order valence-corrected chi connectivity index (χ2v) is 7.90. The highest BCUT2D eigenvalue weighted by Gasteiger charge is 2.45. The first kappa shape index (κ1) is 22.0. The molecule has 1 aliphatic rings. The molecule has 1 aliphatic carbocycles. The molecule has 0 saturated heterocycles. The van der Waals surface area contributed by atoms with E-state index in [1.165, 1.54) is 0 Å². The Balaban J connectivity index is 0.00000204. The Morgan fingerprint density at radius 3 is 2.75 bits per heavy atom. The lowest BCUT2D eigenvalue weighted by Crippen LogP contribution is -2.35. The number of hydrogen-bond acceptors (Lipinski definition) is 9. The zero-order chi connectivity index (χ0) is 22.7. The summed E-state index contributed by atoms with van der Waals surface area (Å²) in [5.41, 5.74) is 3.80. The highest BCUT2D eigenvalue weighted by molar-refractivity contribution is 5.82. The number of carbonyl (C=O) groups excluding carboxylic acids is 1. The zero-order valence-electron chi connectivity index (χ0n) is 17.9. The van der Waals surface area contributed by atoms with Crippen LogP contribution in [-0.2, 0) is 11.3 Å². The number of benzene rings is 1. The summed E-state index contributed by atoms with van der Waals surface area (Å²) in [6.45, 7) is 2.21. The van der Waals surface area contributed by atoms with Crippen molar-refractivity contribution in [3.63, 3.8) is 0 Å². The van der Waals surface area contributed by atoms with Crippen LogP contribution < -0.4 is 10.6 Å². The van der Waals surface area contributed by atoms with E-state index in [-0.39, 0.29) is 33.0 Å². The number of aliphatic hydroxyl groups excluding tert-OH is 2. The van der Waals surface area contributed by atoms with Crippen LogP contribution in [-0.4, -0.2) is 62.6 Å². The summed E-state index contributed by atoms with van der Waals surface area (Å²) < 4.78 is 5.87. The Labute approximate surface area is 188 Å². The summed E-state index contributed by atoms with van der Waals surface area (Å²) >= 11 is 0. The Kier molecular flexibility index (Phi) is 6.54. The van der Waals surface area contributed by atoms with Crippen LogP contribution in [0.4, 0.5) is 0 Å². The van der Waals surface area contributed by atoms with E-state index in [0.717, 1.165) is 17.7 Å². The van der Waals surface area contributed by atoms with Crippen LogP contribution in [0.2, 0.25) is 0 Å². The molecule has 10 nitrogen and oxygen atoms in total. The van der Waals surface area contributed by atoms with Gasteiger partial charge in [-0.2, -0.15) is 0 Å². The van der Waals surface area contributed by atoms with Gasteiger partial charge in [-0.25, -0.2) is 4.98 Å². The van der Waals surface area contributed by atoms with E-state index in [1.54, 1.807) is 6.20 Å². The predicted octanol–water partition coefficient (Wildman–Crippen LogP) is 1.29. The Morgan fingerprint density at radius 1 is 1.28 bits per heavy atom. The van der Waals surface area contributed by atoms with Gasteiger partial charge in [-0.15, -0.1) is 10.2 Å². The number of nitrogens with zero attached hydrogens (tertiary/aromatic N) is 4. The van der Waals surface area contributed by atoms with Crippen molar-refractivity contribution in [3.05, 3.63) is 47.4 Å². The Bertz CT molecular complexity index is 1100. The predicted molar refractivity (Wildman–Crippen MR) is 119 cm³/mol. The molecule has 4 N–H and O–H groups in total. The van der Waals surface area contributed by atoms with Crippen LogP contribution in [0, 0.1) is 12.8 Å². The molecule has 1 aromatic carbocycles. The van der Waals surface area contributed by atoms with Gasteiger partial charge in [0.2, 0.25) is 11.8 Å². The van der Waals surface area contributed by atoms with E-state index in [0.29, 0.717) is 29.4 Å². The lowest BCUT2D eigenvalue weighted by atomic mass is 10.1. The fraction of sp³-hybridized carbons (Fsp3) is 0.409. The third-order valence-corrected chi connectivity index (χ3v) is 5.41. The molecule has 2 aromatic heterocycles. The van der Waals surface area contributed by atoms with E-state index >= 15 is 0 Å². The number of aromatic nitrogens is 4. The molecular weight excluding hydrogens is 412 g/mol. The van der Waals surface area contributed by atoms with E-state index < -0.39 is 12.7 Å². The molecule has 1 saturated carbocycles. The zero-order valence-corrected chi connectivity index (χ0v) is 17.9. The van der Waals surface area contributed by atoms with E-state index in [9.17, 15) is 9.90 Å². The van der Waals surface area contributed by atoms with Gasteiger partial charge in [0, 0.05) is 39.5 Å². The summed E-state index contributed by atoms with van der Waals surface area (Å²) in [5.74, 6) is 0.205. The number of amides is 1. The maximum Gasteiger partial charge on any atom is 0.268 e. The van der Waals surface area contributed by atoms with Crippen molar-refractivity contribution in [2.75, 3.05) is 20.2 Å². The summed E-state index contributed by atoms with van der Waals surface area (Å²) in [4.78, 5) is 21.3. The minimum absolute atomic E-state index is 0. The first-order valence-corrected chi connectivity index (χ1v) is 10.5. The largest absolute Gasteiger partial charge is 0.415 e. The molecule has 3 aromatic rings. The molecule has 1 fully saturated rings. The van der Waals surface area contributed by atoms with Crippen molar-refractivity contribution in [1.29, 1.82) is 0 Å². The lowest BCUT2D eigenvalue weighted by molar-refractivity contribution is -0.123. The molecule has 2 heterocycles. The molecule has 32 heavy (non-hydrogen) atoms. The summed E-state index contributed by atoms with van der Waals surface area (Å²) in [6.07, 6.45) is 1.34. The van der Waals surface area contributed by atoms with Crippen molar-refractivity contribution in [3.8, 4) is 23.0 Å². The number of rotatable bonds is 9. The van der Waals surface area contributed by atoms with Gasteiger partial charge in [-0.05, 0) is 38.1 Å². The number of aryl methyl sites for hydroxylation is 1. The maximum absolute atomic E-state index is 12.3. The van der Waals surface area contributed by atoms with Crippen LogP contribution in [0.3, 0.4) is 0 Å². The van der Waals surface area contributed by atoms with Crippen LogP contribution >= 0.6 is 0 Å². The van der Waals surface area contributed by atoms with Crippen molar-refractivity contribution in [1.82, 2.24) is 30.8 Å². The highest BCUT2D eigenvalue weighted by atomic mass is 16.4. The fourth-order valence-electron chi connectivity index (χ4n) is 3.47. The second kappa shape index (κ2) is 9.51. The number of carbonyl (C=O) groups is 1. The topological polar surface area (TPSA) is 146 Å². The van der Waals surface area contributed by atoms with Gasteiger partial charge < -0.3 is 25.3 Å². The van der Waals surface area contributed by atoms with Crippen LogP contribution in [0.25, 0.3) is 23.0 Å². The van der Waals surface area contributed by atoms with E-state index in [2.05, 4.69) is 30.8 Å².